The summed E-state index contributed by atoms with van der Waals surface area (Å²) in [6, 6.07) is 63.0. The molecule has 2 heterocycles. The minimum Gasteiger partial charge on any atom is -0.309 e. The SMILES string of the molecule is c1ccc2c3cc(-c4ccc5c(c4)c4ccccc4n5-c4ccccc4)ccc3n(-c3ccc(-c4ccccc4)cc3)c2c#1. The zero-order chi connectivity index (χ0) is 29.0. The first-order valence-corrected chi connectivity index (χ1v) is 14.9. The fourth-order valence-electron chi connectivity index (χ4n) is 6.73. The number of hydrogen-bond acceptors (Lipinski definition) is 0. The molecule has 9 rings (SSSR count). The van der Waals surface area contributed by atoms with E-state index in [1.807, 2.05) is 6.07 Å². The van der Waals surface area contributed by atoms with Crippen molar-refractivity contribution in [1.82, 2.24) is 9.13 Å². The van der Waals surface area contributed by atoms with E-state index in [0.29, 0.717) is 0 Å². The van der Waals surface area contributed by atoms with Gasteiger partial charge in [-0.3, -0.25) is 0 Å². The van der Waals surface area contributed by atoms with Crippen molar-refractivity contribution in [3.05, 3.63) is 170 Å². The highest BCUT2D eigenvalue weighted by Crippen LogP contribution is 2.38. The molecule has 0 amide bonds. The van der Waals surface area contributed by atoms with Gasteiger partial charge in [0.1, 0.15) is 5.52 Å². The van der Waals surface area contributed by atoms with E-state index in [9.17, 15) is 0 Å². The van der Waals surface area contributed by atoms with Crippen LogP contribution in [-0.4, -0.2) is 9.13 Å². The normalized spacial score (nSPS) is 11.5. The Morgan fingerprint density at radius 2 is 0.909 bits per heavy atom. The van der Waals surface area contributed by atoms with Gasteiger partial charge >= 0.3 is 0 Å². The number of nitrogens with zero attached hydrogens (tertiary/aromatic N) is 2. The molecule has 0 unspecified atom stereocenters. The van der Waals surface area contributed by atoms with Gasteiger partial charge in [0, 0.05) is 32.9 Å². The fourth-order valence-corrected chi connectivity index (χ4v) is 6.73. The molecule has 2 heteroatoms. The molecule has 2 aromatic heterocycles. The predicted octanol–water partition coefficient (Wildman–Crippen LogP) is 10.8. The van der Waals surface area contributed by atoms with Gasteiger partial charge < -0.3 is 9.13 Å². The van der Waals surface area contributed by atoms with Gasteiger partial charge in [-0.2, -0.15) is 0 Å². The Balaban J connectivity index is 1.20. The van der Waals surface area contributed by atoms with E-state index in [2.05, 4.69) is 173 Å². The summed E-state index contributed by atoms with van der Waals surface area (Å²) >= 11 is 0. The van der Waals surface area contributed by atoms with Crippen molar-refractivity contribution in [3.8, 4) is 33.6 Å². The minimum atomic E-state index is 1.04. The van der Waals surface area contributed by atoms with Crippen LogP contribution in [0.5, 0.6) is 0 Å². The van der Waals surface area contributed by atoms with E-state index in [0.717, 1.165) is 16.7 Å². The molecule has 0 saturated heterocycles. The highest BCUT2D eigenvalue weighted by molar-refractivity contribution is 6.12. The van der Waals surface area contributed by atoms with E-state index in [4.69, 9.17) is 0 Å². The van der Waals surface area contributed by atoms with Gasteiger partial charge in [-0.05, 0) is 95.1 Å². The quantitative estimate of drug-likeness (QED) is 0.203. The predicted molar refractivity (Wildman–Crippen MR) is 184 cm³/mol. The molecule has 0 aliphatic rings. The van der Waals surface area contributed by atoms with Crippen LogP contribution < -0.4 is 0 Å². The number of rotatable bonds is 4. The standard InChI is InChI=1S/C42H26N2/c1-3-11-29(12-4-1)30-19-23-34(24-20-30)44-40-18-10-8-16-36(40)38-28-32(22-26-42(38)44)31-21-25-41-37(27-31)35-15-7-9-17-39(35)43(41)33-13-5-2-6-14-33/h1-9,11-17,19-28H. The lowest BCUT2D eigenvalue weighted by Gasteiger charge is -2.10. The second kappa shape index (κ2) is 9.76. The molecular formula is C42H26N2. The molecule has 2 nitrogen and oxygen atoms in total. The molecule has 0 N–H and O–H groups in total. The third kappa shape index (κ3) is 3.77. The van der Waals surface area contributed by atoms with Crippen LogP contribution in [0.3, 0.4) is 0 Å². The molecule has 9 aromatic rings. The monoisotopic (exact) mass is 558 g/mol. The molecular weight excluding hydrogens is 532 g/mol. The lowest BCUT2D eigenvalue weighted by Crippen LogP contribution is -1.93. The first-order chi connectivity index (χ1) is 21.8. The van der Waals surface area contributed by atoms with Gasteiger partial charge in [-0.15, -0.1) is 0 Å². The van der Waals surface area contributed by atoms with Crippen molar-refractivity contribution in [1.29, 1.82) is 0 Å². The van der Waals surface area contributed by atoms with Gasteiger partial charge in [0.15, 0.2) is 0 Å². The molecule has 0 saturated carbocycles. The lowest BCUT2D eigenvalue weighted by molar-refractivity contribution is 1.18. The van der Waals surface area contributed by atoms with Crippen LogP contribution in [0.2, 0.25) is 0 Å². The first-order valence-electron chi connectivity index (χ1n) is 14.9. The Morgan fingerprint density at radius 3 is 1.66 bits per heavy atom. The molecule has 0 fully saturated rings. The average Bonchev–Trinajstić information content (AvgIpc) is 3.61. The molecule has 0 aliphatic carbocycles. The third-order valence-electron chi connectivity index (χ3n) is 8.78. The number of hydrogen-bond donors (Lipinski definition) is 0. The van der Waals surface area contributed by atoms with Crippen LogP contribution in [0.25, 0.3) is 77.2 Å². The maximum atomic E-state index is 3.41. The van der Waals surface area contributed by atoms with Gasteiger partial charge in [0.25, 0.3) is 0 Å². The number of benzene rings is 6. The van der Waals surface area contributed by atoms with E-state index in [1.54, 1.807) is 0 Å². The summed E-state index contributed by atoms with van der Waals surface area (Å²) in [7, 11) is 0. The number of fused-ring (bicyclic) bond motifs is 6. The van der Waals surface area contributed by atoms with Crippen LogP contribution in [0.4, 0.5) is 0 Å². The lowest BCUT2D eigenvalue weighted by atomic mass is 10.0. The summed E-state index contributed by atoms with van der Waals surface area (Å²) in [6.45, 7) is 0. The van der Waals surface area contributed by atoms with Crippen LogP contribution >= 0.6 is 0 Å². The van der Waals surface area contributed by atoms with Crippen molar-refractivity contribution in [2.75, 3.05) is 0 Å². The average molecular weight is 559 g/mol. The van der Waals surface area contributed by atoms with Crippen molar-refractivity contribution in [2.45, 2.75) is 0 Å². The topological polar surface area (TPSA) is 9.86 Å². The Morgan fingerprint density at radius 1 is 0.364 bits per heavy atom. The number of para-hydroxylation sites is 2. The fraction of sp³-hybridized carbons (Fsp3) is 0. The molecule has 0 atom stereocenters. The Bertz CT molecular complexity index is 2460. The molecule has 0 radical (unpaired) electrons. The highest BCUT2D eigenvalue weighted by atomic mass is 15.0. The molecule has 0 spiro atoms. The van der Waals surface area contributed by atoms with Crippen LogP contribution in [-0.2, 0) is 0 Å². The van der Waals surface area contributed by atoms with Crippen molar-refractivity contribution in [2.24, 2.45) is 0 Å². The van der Waals surface area contributed by atoms with Crippen LogP contribution in [0.1, 0.15) is 0 Å². The summed E-state index contributed by atoms with van der Waals surface area (Å²) in [5, 5.41) is 4.90. The Labute approximate surface area is 255 Å². The maximum Gasteiger partial charge on any atom is 0.105 e. The highest BCUT2D eigenvalue weighted by Gasteiger charge is 2.16. The maximum absolute atomic E-state index is 3.41. The Hall–Kier alpha value is -6.04. The van der Waals surface area contributed by atoms with Gasteiger partial charge in [-0.1, -0.05) is 97.1 Å². The van der Waals surface area contributed by atoms with E-state index in [-0.39, 0.29) is 0 Å². The molecule has 0 aliphatic heterocycles. The molecule has 0 bridgehead atoms. The van der Waals surface area contributed by atoms with Gasteiger partial charge in [-0.25, -0.2) is 0 Å². The van der Waals surface area contributed by atoms with Gasteiger partial charge in [0.05, 0.1) is 16.6 Å². The summed E-state index contributed by atoms with van der Waals surface area (Å²) < 4.78 is 4.66. The summed E-state index contributed by atoms with van der Waals surface area (Å²) in [5.41, 5.74) is 11.7. The van der Waals surface area contributed by atoms with Gasteiger partial charge in [0.2, 0.25) is 0 Å². The molecule has 44 heavy (non-hydrogen) atoms. The second-order valence-corrected chi connectivity index (χ2v) is 11.3. The zero-order valence-electron chi connectivity index (χ0n) is 23.9. The first kappa shape index (κ1) is 24.5. The van der Waals surface area contributed by atoms with Crippen molar-refractivity contribution in [3.63, 3.8) is 0 Å². The van der Waals surface area contributed by atoms with E-state index < -0.39 is 0 Å². The summed E-state index contributed by atoms with van der Waals surface area (Å²) in [4.78, 5) is 0. The van der Waals surface area contributed by atoms with Crippen molar-refractivity contribution >= 4 is 43.6 Å². The van der Waals surface area contributed by atoms with Crippen molar-refractivity contribution < 1.29 is 0 Å². The Kier molecular flexibility index (Phi) is 5.45. The van der Waals surface area contributed by atoms with Crippen LogP contribution in [0.15, 0.2) is 158 Å². The third-order valence-corrected chi connectivity index (χ3v) is 8.78. The summed E-state index contributed by atoms with van der Waals surface area (Å²) in [6.07, 6.45) is 0. The zero-order valence-corrected chi connectivity index (χ0v) is 23.9. The van der Waals surface area contributed by atoms with E-state index in [1.165, 1.54) is 60.5 Å². The minimum absolute atomic E-state index is 1.04. The molecule has 7 aromatic carbocycles. The molecule has 204 valence electrons. The number of aromatic nitrogens is 2. The smallest absolute Gasteiger partial charge is 0.105 e. The van der Waals surface area contributed by atoms with Crippen LogP contribution in [0, 0.1) is 12.1 Å². The largest absolute Gasteiger partial charge is 0.309 e. The van der Waals surface area contributed by atoms with E-state index >= 15 is 0 Å². The summed E-state index contributed by atoms with van der Waals surface area (Å²) in [5.74, 6) is 0. The second-order valence-electron chi connectivity index (χ2n) is 11.3.